The number of nitrogens with zero attached hydrogens (tertiary/aromatic N) is 4. The second kappa shape index (κ2) is 6.88. The molecule has 1 aromatic carbocycles. The van der Waals surface area contributed by atoms with Crippen molar-refractivity contribution < 1.29 is 13.6 Å². The highest BCUT2D eigenvalue weighted by atomic mass is 35.5. The Morgan fingerprint density at radius 2 is 2.20 bits per heavy atom. The zero-order valence-corrected chi connectivity index (χ0v) is 16.4. The Morgan fingerprint density at radius 1 is 1.40 bits per heavy atom. The van der Waals surface area contributed by atoms with Crippen molar-refractivity contribution in [3.8, 4) is 11.3 Å². The number of allylic oxidation sites excluding steroid dienone is 1. The van der Waals surface area contributed by atoms with Gasteiger partial charge in [0.15, 0.2) is 17.3 Å². The maximum absolute atomic E-state index is 15.0. The molecule has 2 atom stereocenters. The molecule has 10 heteroatoms. The summed E-state index contributed by atoms with van der Waals surface area (Å²) in [5, 5.41) is 10.00. The summed E-state index contributed by atoms with van der Waals surface area (Å²) in [5.74, 6) is -1.31. The third-order valence-corrected chi connectivity index (χ3v) is 5.41. The summed E-state index contributed by atoms with van der Waals surface area (Å²) < 4.78 is 29.7. The first-order valence-electron chi connectivity index (χ1n) is 9.24. The number of halogens is 3. The average molecular weight is 429 g/mol. The van der Waals surface area contributed by atoms with Crippen LogP contribution in [0.25, 0.3) is 33.9 Å². The van der Waals surface area contributed by atoms with Gasteiger partial charge in [0.05, 0.1) is 40.7 Å². The summed E-state index contributed by atoms with van der Waals surface area (Å²) in [5.41, 5.74) is 2.10. The van der Waals surface area contributed by atoms with E-state index in [0.29, 0.717) is 33.4 Å². The molecule has 4 aromatic rings. The van der Waals surface area contributed by atoms with Gasteiger partial charge in [0.1, 0.15) is 6.17 Å². The van der Waals surface area contributed by atoms with Crippen LogP contribution in [0, 0.1) is 11.7 Å². The molecule has 1 amide bonds. The Hall–Kier alpha value is -3.33. The molecule has 1 aliphatic rings. The summed E-state index contributed by atoms with van der Waals surface area (Å²) in [7, 11) is 0. The maximum atomic E-state index is 15.0. The van der Waals surface area contributed by atoms with Gasteiger partial charge in [0.2, 0.25) is 5.91 Å². The summed E-state index contributed by atoms with van der Waals surface area (Å²) in [6.45, 7) is 1.78. The maximum Gasteiger partial charge on any atom is 0.231 e. The number of hydrogen-bond donors (Lipinski definition) is 2. The number of fused-ring (bicyclic) bond motifs is 2. The fraction of sp³-hybridized carbons (Fsp3) is 0.200. The molecule has 0 spiro atoms. The van der Waals surface area contributed by atoms with Gasteiger partial charge in [-0.05, 0) is 13.3 Å². The van der Waals surface area contributed by atoms with Crippen LogP contribution in [-0.2, 0) is 4.79 Å². The number of hydrogen-bond acceptors (Lipinski definition) is 4. The fourth-order valence-electron chi connectivity index (χ4n) is 3.45. The zero-order valence-electron chi connectivity index (χ0n) is 15.7. The number of anilines is 1. The van der Waals surface area contributed by atoms with Crippen LogP contribution in [0.5, 0.6) is 0 Å². The van der Waals surface area contributed by atoms with E-state index in [9.17, 15) is 13.6 Å². The number of aromatic nitrogens is 5. The summed E-state index contributed by atoms with van der Waals surface area (Å²) in [6, 6.07) is 0. The standard InChI is InChI=1S/C20H15ClF2N6O/c1-2-3-9-18(23)17(21)16(11-5-25-28-19(9)11)13-7-29-8-14(26-15(29)6-24-13)27-20(30)10-4-12(10)22/h2-3,5-8,10,12H,4H2,1H3,(H,25,28)(H,27,30)/b3-2+/t10-,12+/m1/s1. The molecule has 3 heterocycles. The van der Waals surface area contributed by atoms with Gasteiger partial charge in [-0.2, -0.15) is 5.10 Å². The number of aromatic amines is 1. The van der Waals surface area contributed by atoms with Crippen LogP contribution < -0.4 is 5.32 Å². The molecule has 2 N–H and O–H groups in total. The molecule has 0 radical (unpaired) electrons. The van der Waals surface area contributed by atoms with Gasteiger partial charge in [-0.3, -0.25) is 14.9 Å². The van der Waals surface area contributed by atoms with Crippen molar-refractivity contribution in [1.82, 2.24) is 24.6 Å². The van der Waals surface area contributed by atoms with Crippen LogP contribution in [0.2, 0.25) is 5.02 Å². The van der Waals surface area contributed by atoms with E-state index < -0.39 is 23.8 Å². The Morgan fingerprint density at radius 3 is 2.93 bits per heavy atom. The SMILES string of the molecule is C/C=C/c1c(F)c(Cl)c(-c2cn3cc(NC(=O)[C@@H]4C[C@@H]4F)nc3cn2)c2cn[nH]c12. The quantitative estimate of drug-likeness (QED) is 0.504. The normalized spacial score (nSPS) is 18.5. The monoisotopic (exact) mass is 428 g/mol. The second-order valence-electron chi connectivity index (χ2n) is 7.09. The van der Waals surface area contributed by atoms with Gasteiger partial charge in [0.25, 0.3) is 0 Å². The highest BCUT2D eigenvalue weighted by molar-refractivity contribution is 6.35. The first-order valence-corrected chi connectivity index (χ1v) is 9.62. The third kappa shape index (κ3) is 2.93. The number of H-pyrrole nitrogens is 1. The van der Waals surface area contributed by atoms with Crippen LogP contribution in [0.15, 0.2) is 30.9 Å². The van der Waals surface area contributed by atoms with Crippen LogP contribution in [0.3, 0.4) is 0 Å². The molecule has 152 valence electrons. The number of nitrogens with one attached hydrogen (secondary N) is 2. The lowest BCUT2D eigenvalue weighted by molar-refractivity contribution is -0.117. The van der Waals surface area contributed by atoms with E-state index in [2.05, 4.69) is 25.5 Å². The molecule has 1 fully saturated rings. The van der Waals surface area contributed by atoms with Crippen molar-refractivity contribution in [2.45, 2.75) is 19.5 Å². The number of alkyl halides is 1. The average Bonchev–Trinajstić information content (AvgIpc) is 3.11. The van der Waals surface area contributed by atoms with Crippen molar-refractivity contribution >= 4 is 46.0 Å². The van der Waals surface area contributed by atoms with Gasteiger partial charge in [-0.1, -0.05) is 23.8 Å². The van der Waals surface area contributed by atoms with E-state index in [1.807, 2.05) is 0 Å². The molecule has 3 aromatic heterocycles. The van der Waals surface area contributed by atoms with Gasteiger partial charge < -0.3 is 9.72 Å². The minimum Gasteiger partial charge on any atom is -0.309 e. The molecule has 0 aliphatic heterocycles. The molecule has 7 nitrogen and oxygen atoms in total. The van der Waals surface area contributed by atoms with Crippen LogP contribution >= 0.6 is 11.6 Å². The number of carbonyl (C=O) groups is 1. The molecular weight excluding hydrogens is 414 g/mol. The number of amides is 1. The van der Waals surface area contributed by atoms with Crippen LogP contribution in [-0.4, -0.2) is 36.6 Å². The Balaban J connectivity index is 1.59. The predicted octanol–water partition coefficient (Wildman–Crippen LogP) is 4.39. The van der Waals surface area contributed by atoms with Crippen LogP contribution in [0.4, 0.5) is 14.6 Å². The van der Waals surface area contributed by atoms with Crippen LogP contribution in [0.1, 0.15) is 18.9 Å². The summed E-state index contributed by atoms with van der Waals surface area (Å²) in [6.07, 6.45) is 8.75. The zero-order chi connectivity index (χ0) is 21.0. The van der Waals surface area contributed by atoms with E-state index in [4.69, 9.17) is 11.6 Å². The summed E-state index contributed by atoms with van der Waals surface area (Å²) >= 11 is 6.38. The van der Waals surface area contributed by atoms with E-state index >= 15 is 0 Å². The third-order valence-electron chi connectivity index (χ3n) is 5.06. The Labute approximate surface area is 173 Å². The molecule has 30 heavy (non-hydrogen) atoms. The van der Waals surface area contributed by atoms with Crippen molar-refractivity contribution in [3.05, 3.63) is 47.3 Å². The van der Waals surface area contributed by atoms with Crippen molar-refractivity contribution in [1.29, 1.82) is 0 Å². The van der Waals surface area contributed by atoms with E-state index in [0.717, 1.165) is 0 Å². The van der Waals surface area contributed by atoms with Gasteiger partial charge in [-0.15, -0.1) is 0 Å². The summed E-state index contributed by atoms with van der Waals surface area (Å²) in [4.78, 5) is 20.6. The lowest BCUT2D eigenvalue weighted by atomic mass is 10.0. The smallest absolute Gasteiger partial charge is 0.231 e. The topological polar surface area (TPSA) is 88.0 Å². The van der Waals surface area contributed by atoms with E-state index in [-0.39, 0.29) is 17.3 Å². The molecule has 1 aliphatic carbocycles. The van der Waals surface area contributed by atoms with E-state index in [1.165, 1.54) is 6.20 Å². The number of carbonyl (C=O) groups excluding carboxylic acids is 1. The molecular formula is C20H15ClF2N6O. The van der Waals surface area contributed by atoms with Gasteiger partial charge in [-0.25, -0.2) is 13.8 Å². The fourth-order valence-corrected chi connectivity index (χ4v) is 3.75. The van der Waals surface area contributed by atoms with Crippen molar-refractivity contribution in [2.75, 3.05) is 5.32 Å². The number of rotatable bonds is 4. The Bertz CT molecular complexity index is 1340. The molecule has 0 unspecified atom stereocenters. The molecule has 0 bridgehead atoms. The first kappa shape index (κ1) is 18.7. The largest absolute Gasteiger partial charge is 0.309 e. The van der Waals surface area contributed by atoms with Gasteiger partial charge >= 0.3 is 0 Å². The highest BCUT2D eigenvalue weighted by Crippen LogP contribution is 2.39. The lowest BCUT2D eigenvalue weighted by Crippen LogP contribution is -2.15. The predicted molar refractivity (Wildman–Crippen MR) is 109 cm³/mol. The minimum atomic E-state index is -1.09. The minimum absolute atomic E-state index is 0.0692. The van der Waals surface area contributed by atoms with Crippen molar-refractivity contribution in [2.24, 2.45) is 5.92 Å². The number of imidazole rings is 1. The highest BCUT2D eigenvalue weighted by Gasteiger charge is 2.43. The van der Waals surface area contributed by atoms with Gasteiger partial charge in [0, 0.05) is 22.7 Å². The Kier molecular flexibility index (Phi) is 4.28. The number of benzene rings is 1. The molecule has 5 rings (SSSR count). The first-order chi connectivity index (χ1) is 14.5. The van der Waals surface area contributed by atoms with Crippen molar-refractivity contribution in [3.63, 3.8) is 0 Å². The van der Waals surface area contributed by atoms with E-state index in [1.54, 1.807) is 42.1 Å². The second-order valence-corrected chi connectivity index (χ2v) is 7.46. The molecule has 0 saturated heterocycles. The lowest BCUT2D eigenvalue weighted by Gasteiger charge is -2.10. The molecule has 1 saturated carbocycles.